The normalized spacial score (nSPS) is 11.1. The molecule has 0 aliphatic carbocycles. The minimum Gasteiger partial charge on any atom is -0.312 e. The maximum atomic E-state index is 4.22. The minimum absolute atomic E-state index is 0.673. The highest BCUT2D eigenvalue weighted by molar-refractivity contribution is 9.10. The number of rotatable bonds is 5. The van der Waals surface area contributed by atoms with Crippen LogP contribution in [0.3, 0.4) is 0 Å². The van der Waals surface area contributed by atoms with Gasteiger partial charge in [-0.15, -0.1) is 0 Å². The quantitative estimate of drug-likeness (QED) is 0.917. The van der Waals surface area contributed by atoms with Crippen LogP contribution in [0, 0.1) is 5.92 Å². The van der Waals surface area contributed by atoms with Crippen LogP contribution in [0.5, 0.6) is 0 Å². The summed E-state index contributed by atoms with van der Waals surface area (Å²) in [5.41, 5.74) is 2.34. The molecule has 0 saturated carbocycles. The second-order valence-corrected chi connectivity index (χ2v) is 5.61. The van der Waals surface area contributed by atoms with Crippen LogP contribution in [0.1, 0.15) is 19.4 Å². The van der Waals surface area contributed by atoms with Crippen molar-refractivity contribution in [3.05, 3.63) is 46.7 Å². The van der Waals surface area contributed by atoms with Crippen molar-refractivity contribution < 1.29 is 0 Å². The predicted octanol–water partition coefficient (Wildman–Crippen LogP) is 3.38. The third-order valence-electron chi connectivity index (χ3n) is 2.67. The molecule has 1 aromatic heterocycles. The highest BCUT2D eigenvalue weighted by atomic mass is 79.9. The molecule has 3 nitrogen and oxygen atoms in total. The Morgan fingerprint density at radius 3 is 2.83 bits per heavy atom. The van der Waals surface area contributed by atoms with Crippen molar-refractivity contribution >= 4 is 15.9 Å². The van der Waals surface area contributed by atoms with Crippen molar-refractivity contribution in [3.63, 3.8) is 0 Å². The Morgan fingerprint density at radius 2 is 2.22 bits per heavy atom. The first kappa shape index (κ1) is 13.3. The van der Waals surface area contributed by atoms with Gasteiger partial charge in [-0.1, -0.05) is 35.8 Å². The zero-order valence-electron chi connectivity index (χ0n) is 10.7. The first-order valence-electron chi connectivity index (χ1n) is 6.16. The van der Waals surface area contributed by atoms with E-state index in [-0.39, 0.29) is 0 Å². The number of hydrogen-bond acceptors (Lipinski definition) is 2. The van der Waals surface area contributed by atoms with Crippen molar-refractivity contribution in [2.45, 2.75) is 20.4 Å². The van der Waals surface area contributed by atoms with E-state index in [1.165, 1.54) is 5.56 Å². The first-order valence-corrected chi connectivity index (χ1v) is 6.95. The summed E-state index contributed by atoms with van der Waals surface area (Å²) in [4.78, 5) is 0. The summed E-state index contributed by atoms with van der Waals surface area (Å²) in [6.45, 7) is 6.34. The van der Waals surface area contributed by atoms with Crippen molar-refractivity contribution in [2.75, 3.05) is 6.54 Å². The molecule has 1 aromatic carbocycles. The molecule has 0 bridgehead atoms. The number of aromatic nitrogens is 2. The van der Waals surface area contributed by atoms with Crippen LogP contribution in [0.25, 0.3) is 5.69 Å². The minimum atomic E-state index is 0.673. The van der Waals surface area contributed by atoms with Crippen molar-refractivity contribution in [1.82, 2.24) is 15.1 Å². The summed E-state index contributed by atoms with van der Waals surface area (Å²) in [6, 6.07) is 8.24. The van der Waals surface area contributed by atoms with Crippen molar-refractivity contribution in [2.24, 2.45) is 5.92 Å². The predicted molar refractivity (Wildman–Crippen MR) is 77.8 cm³/mol. The zero-order valence-corrected chi connectivity index (χ0v) is 12.3. The zero-order chi connectivity index (χ0) is 13.0. The van der Waals surface area contributed by atoms with Crippen LogP contribution in [0.4, 0.5) is 0 Å². The standard InChI is InChI=1S/C14H18BrN3/c1-11(2)9-16-10-12-4-5-13(8-14(12)15)18-7-3-6-17-18/h3-8,11,16H,9-10H2,1-2H3. The fourth-order valence-corrected chi connectivity index (χ4v) is 2.25. The Labute approximate surface area is 116 Å². The third kappa shape index (κ3) is 3.43. The van der Waals surface area contributed by atoms with Gasteiger partial charge in [0.15, 0.2) is 0 Å². The Morgan fingerprint density at radius 1 is 1.39 bits per heavy atom. The van der Waals surface area contributed by atoms with Gasteiger partial charge in [0, 0.05) is 23.4 Å². The van der Waals surface area contributed by atoms with Gasteiger partial charge in [-0.05, 0) is 36.2 Å². The van der Waals surface area contributed by atoms with Crippen LogP contribution in [-0.4, -0.2) is 16.3 Å². The van der Waals surface area contributed by atoms with Gasteiger partial charge < -0.3 is 5.32 Å². The maximum Gasteiger partial charge on any atom is 0.0656 e. The molecular formula is C14H18BrN3. The molecule has 0 amide bonds. The third-order valence-corrected chi connectivity index (χ3v) is 3.41. The topological polar surface area (TPSA) is 29.9 Å². The molecule has 1 heterocycles. The van der Waals surface area contributed by atoms with E-state index >= 15 is 0 Å². The Kier molecular flexibility index (Phi) is 4.55. The van der Waals surface area contributed by atoms with Crippen LogP contribution in [-0.2, 0) is 6.54 Å². The smallest absolute Gasteiger partial charge is 0.0656 e. The van der Waals surface area contributed by atoms with E-state index in [9.17, 15) is 0 Å². The van der Waals surface area contributed by atoms with Gasteiger partial charge in [-0.2, -0.15) is 5.10 Å². The molecule has 0 atom stereocenters. The van der Waals surface area contributed by atoms with E-state index in [0.717, 1.165) is 23.2 Å². The van der Waals surface area contributed by atoms with E-state index in [4.69, 9.17) is 0 Å². The number of benzene rings is 1. The number of nitrogens with one attached hydrogen (secondary N) is 1. The lowest BCUT2D eigenvalue weighted by atomic mass is 10.2. The molecule has 0 spiro atoms. The van der Waals surface area contributed by atoms with Gasteiger partial charge in [0.25, 0.3) is 0 Å². The summed E-state index contributed by atoms with van der Waals surface area (Å²) in [7, 11) is 0. The van der Waals surface area contributed by atoms with Crippen LogP contribution in [0.15, 0.2) is 41.1 Å². The SMILES string of the molecule is CC(C)CNCc1ccc(-n2cccn2)cc1Br. The van der Waals surface area contributed by atoms with Crippen molar-refractivity contribution in [3.8, 4) is 5.69 Å². The van der Waals surface area contributed by atoms with Crippen LogP contribution < -0.4 is 5.32 Å². The Bertz CT molecular complexity index is 492. The average molecular weight is 308 g/mol. The molecule has 96 valence electrons. The number of hydrogen-bond donors (Lipinski definition) is 1. The summed E-state index contributed by atoms with van der Waals surface area (Å²) < 4.78 is 2.97. The van der Waals surface area contributed by atoms with Crippen molar-refractivity contribution in [1.29, 1.82) is 0 Å². The molecule has 0 saturated heterocycles. The number of halogens is 1. The summed E-state index contributed by atoms with van der Waals surface area (Å²) in [5, 5.41) is 7.67. The molecule has 0 fully saturated rings. The first-order chi connectivity index (χ1) is 8.66. The van der Waals surface area contributed by atoms with Gasteiger partial charge in [0.05, 0.1) is 5.69 Å². The van der Waals surface area contributed by atoms with Crippen LogP contribution >= 0.6 is 15.9 Å². The number of nitrogens with zero attached hydrogens (tertiary/aromatic N) is 2. The van der Waals surface area contributed by atoms with Gasteiger partial charge in [0.1, 0.15) is 0 Å². The largest absolute Gasteiger partial charge is 0.312 e. The fourth-order valence-electron chi connectivity index (χ4n) is 1.74. The molecule has 0 aliphatic heterocycles. The summed E-state index contributed by atoms with van der Waals surface area (Å²) >= 11 is 3.62. The lowest BCUT2D eigenvalue weighted by Crippen LogP contribution is -2.19. The van der Waals surface area contributed by atoms with Gasteiger partial charge in [0.2, 0.25) is 0 Å². The maximum absolute atomic E-state index is 4.22. The fraction of sp³-hybridized carbons (Fsp3) is 0.357. The van der Waals surface area contributed by atoms with Gasteiger partial charge in [-0.25, -0.2) is 4.68 Å². The molecule has 2 aromatic rings. The van der Waals surface area contributed by atoms with E-state index < -0.39 is 0 Å². The van der Waals surface area contributed by atoms with E-state index in [2.05, 4.69) is 58.4 Å². The molecule has 4 heteroatoms. The molecule has 1 N–H and O–H groups in total. The molecule has 0 aliphatic rings. The van der Waals surface area contributed by atoms with Gasteiger partial charge >= 0.3 is 0 Å². The van der Waals surface area contributed by atoms with E-state index in [1.54, 1.807) is 6.20 Å². The van der Waals surface area contributed by atoms with E-state index in [1.807, 2.05) is 16.9 Å². The molecule has 18 heavy (non-hydrogen) atoms. The Balaban J connectivity index is 2.06. The summed E-state index contributed by atoms with van der Waals surface area (Å²) in [5.74, 6) is 0.673. The van der Waals surface area contributed by atoms with E-state index in [0.29, 0.717) is 5.92 Å². The lowest BCUT2D eigenvalue weighted by molar-refractivity contribution is 0.552. The van der Waals surface area contributed by atoms with Gasteiger partial charge in [-0.3, -0.25) is 0 Å². The summed E-state index contributed by atoms with van der Waals surface area (Å²) in [6.07, 6.45) is 3.73. The molecule has 0 unspecified atom stereocenters. The Hall–Kier alpha value is -1.13. The van der Waals surface area contributed by atoms with Crippen LogP contribution in [0.2, 0.25) is 0 Å². The second kappa shape index (κ2) is 6.16. The highest BCUT2D eigenvalue weighted by Crippen LogP contribution is 2.20. The lowest BCUT2D eigenvalue weighted by Gasteiger charge is -2.10. The second-order valence-electron chi connectivity index (χ2n) is 4.75. The molecule has 0 radical (unpaired) electrons. The molecular weight excluding hydrogens is 290 g/mol. The average Bonchev–Trinajstić information content (AvgIpc) is 2.84. The monoisotopic (exact) mass is 307 g/mol. The highest BCUT2D eigenvalue weighted by Gasteiger charge is 2.03. The molecule has 2 rings (SSSR count).